The number of hydrogen-bond acceptors (Lipinski definition) is 4. The number of nitrogens with one attached hydrogen (secondary N) is 1. The standard InChI is InChI=1S/C19H20N2O3S/c1-23-14-7-8-15(17(12-14)24-2)20-19(22)13-16(18-6-5-11-25-18)21-9-3-4-10-21/h3-12,16H,13H2,1-2H3,(H,20,22). The number of amides is 1. The lowest BCUT2D eigenvalue weighted by Gasteiger charge is -2.18. The molecule has 0 saturated carbocycles. The molecule has 2 heterocycles. The van der Waals surface area contributed by atoms with E-state index in [9.17, 15) is 4.79 Å². The third-order valence-electron chi connectivity index (χ3n) is 3.92. The zero-order valence-corrected chi connectivity index (χ0v) is 15.0. The number of hydrogen-bond donors (Lipinski definition) is 1. The molecule has 3 rings (SSSR count). The minimum absolute atomic E-state index is 0.0285. The van der Waals surface area contributed by atoms with E-state index in [0.717, 1.165) is 4.88 Å². The number of carbonyl (C=O) groups is 1. The highest BCUT2D eigenvalue weighted by atomic mass is 32.1. The van der Waals surface area contributed by atoms with Crippen LogP contribution in [0.3, 0.4) is 0 Å². The van der Waals surface area contributed by atoms with E-state index >= 15 is 0 Å². The predicted molar refractivity (Wildman–Crippen MR) is 99.7 cm³/mol. The van der Waals surface area contributed by atoms with Crippen molar-refractivity contribution in [2.24, 2.45) is 0 Å². The molecule has 1 N–H and O–H groups in total. The molecule has 130 valence electrons. The van der Waals surface area contributed by atoms with Crippen LogP contribution >= 0.6 is 11.3 Å². The normalized spacial score (nSPS) is 11.8. The Bertz CT molecular complexity index is 779. The summed E-state index contributed by atoms with van der Waals surface area (Å²) in [7, 11) is 3.16. The summed E-state index contributed by atoms with van der Waals surface area (Å²) in [5, 5.41) is 4.96. The Labute approximate surface area is 150 Å². The van der Waals surface area contributed by atoms with E-state index < -0.39 is 0 Å². The van der Waals surface area contributed by atoms with Crippen molar-refractivity contribution in [3.8, 4) is 11.5 Å². The third-order valence-corrected chi connectivity index (χ3v) is 4.89. The molecule has 0 bridgehead atoms. The van der Waals surface area contributed by atoms with Crippen LogP contribution in [0.5, 0.6) is 11.5 Å². The van der Waals surface area contributed by atoms with Crippen molar-refractivity contribution in [3.05, 3.63) is 65.1 Å². The summed E-state index contributed by atoms with van der Waals surface area (Å²) in [5.74, 6) is 1.18. The molecule has 5 nitrogen and oxygen atoms in total. The van der Waals surface area contributed by atoms with Gasteiger partial charge in [0, 0.05) is 23.3 Å². The number of ether oxygens (including phenoxy) is 2. The molecule has 0 saturated heterocycles. The molecule has 0 radical (unpaired) electrons. The van der Waals surface area contributed by atoms with Crippen molar-refractivity contribution in [1.29, 1.82) is 0 Å². The van der Waals surface area contributed by atoms with Crippen LogP contribution in [0.4, 0.5) is 5.69 Å². The average molecular weight is 356 g/mol. The number of anilines is 1. The van der Waals surface area contributed by atoms with Crippen LogP contribution in [0.25, 0.3) is 0 Å². The molecule has 6 heteroatoms. The highest BCUT2D eigenvalue weighted by molar-refractivity contribution is 7.10. The maximum absolute atomic E-state index is 12.6. The number of benzene rings is 1. The van der Waals surface area contributed by atoms with Gasteiger partial charge in [-0.2, -0.15) is 0 Å². The first kappa shape index (κ1) is 17.1. The van der Waals surface area contributed by atoms with Crippen LogP contribution in [0.15, 0.2) is 60.2 Å². The Morgan fingerprint density at radius 1 is 1.16 bits per heavy atom. The fourth-order valence-electron chi connectivity index (χ4n) is 2.67. The van der Waals surface area contributed by atoms with E-state index in [1.807, 2.05) is 36.0 Å². The van der Waals surface area contributed by atoms with Crippen molar-refractivity contribution in [2.45, 2.75) is 12.5 Å². The first-order valence-corrected chi connectivity index (χ1v) is 8.77. The number of rotatable bonds is 7. The fraction of sp³-hybridized carbons (Fsp3) is 0.211. The zero-order valence-electron chi connectivity index (χ0n) is 14.1. The van der Waals surface area contributed by atoms with Gasteiger partial charge in [0.15, 0.2) is 0 Å². The lowest BCUT2D eigenvalue weighted by molar-refractivity contribution is -0.116. The van der Waals surface area contributed by atoms with Crippen molar-refractivity contribution >= 4 is 22.9 Å². The second-order valence-electron chi connectivity index (χ2n) is 5.48. The van der Waals surface area contributed by atoms with Gasteiger partial charge < -0.3 is 19.4 Å². The Morgan fingerprint density at radius 2 is 1.96 bits per heavy atom. The average Bonchev–Trinajstić information content (AvgIpc) is 3.34. The molecule has 0 aliphatic heterocycles. The van der Waals surface area contributed by atoms with Gasteiger partial charge in [-0.25, -0.2) is 0 Å². The van der Waals surface area contributed by atoms with Crippen molar-refractivity contribution in [3.63, 3.8) is 0 Å². The van der Waals surface area contributed by atoms with Crippen LogP contribution in [0.2, 0.25) is 0 Å². The molecule has 1 aromatic carbocycles. The van der Waals surface area contributed by atoms with Gasteiger partial charge in [0.25, 0.3) is 0 Å². The van der Waals surface area contributed by atoms with Crippen molar-refractivity contribution in [1.82, 2.24) is 4.57 Å². The minimum Gasteiger partial charge on any atom is -0.497 e. The van der Waals surface area contributed by atoms with Gasteiger partial charge in [-0.3, -0.25) is 4.79 Å². The second kappa shape index (κ2) is 7.90. The summed E-state index contributed by atoms with van der Waals surface area (Å²) in [6.45, 7) is 0. The van der Waals surface area contributed by atoms with Crippen LogP contribution in [-0.2, 0) is 4.79 Å². The summed E-state index contributed by atoms with van der Waals surface area (Å²) >= 11 is 1.65. The predicted octanol–water partition coefficient (Wildman–Crippen LogP) is 4.19. The third kappa shape index (κ3) is 4.03. The SMILES string of the molecule is COc1ccc(NC(=O)CC(c2cccs2)n2cccc2)c(OC)c1. The Hall–Kier alpha value is -2.73. The lowest BCUT2D eigenvalue weighted by atomic mass is 10.1. The summed E-state index contributed by atoms with van der Waals surface area (Å²) in [5.41, 5.74) is 0.630. The molecule has 0 aliphatic carbocycles. The van der Waals surface area contributed by atoms with Crippen LogP contribution < -0.4 is 14.8 Å². The molecule has 0 spiro atoms. The van der Waals surface area contributed by atoms with E-state index in [2.05, 4.69) is 16.0 Å². The van der Waals surface area contributed by atoms with E-state index in [1.165, 1.54) is 0 Å². The molecule has 0 aliphatic rings. The number of nitrogens with zero attached hydrogens (tertiary/aromatic N) is 1. The summed E-state index contributed by atoms with van der Waals surface area (Å²) < 4.78 is 12.6. The van der Waals surface area contributed by atoms with Crippen molar-refractivity contribution in [2.75, 3.05) is 19.5 Å². The van der Waals surface area contributed by atoms with E-state index in [1.54, 1.807) is 43.8 Å². The van der Waals surface area contributed by atoms with Gasteiger partial charge in [-0.05, 0) is 35.7 Å². The molecule has 1 unspecified atom stereocenters. The maximum Gasteiger partial charge on any atom is 0.226 e. The number of thiophene rings is 1. The topological polar surface area (TPSA) is 52.5 Å². The second-order valence-corrected chi connectivity index (χ2v) is 6.46. The first-order valence-electron chi connectivity index (χ1n) is 7.89. The van der Waals surface area contributed by atoms with Gasteiger partial charge in [-0.1, -0.05) is 6.07 Å². The van der Waals surface area contributed by atoms with E-state index in [4.69, 9.17) is 9.47 Å². The Balaban J connectivity index is 1.77. The number of methoxy groups -OCH3 is 2. The number of carbonyl (C=O) groups excluding carboxylic acids is 1. The Kier molecular flexibility index (Phi) is 5.40. The summed E-state index contributed by atoms with van der Waals surface area (Å²) in [4.78, 5) is 13.8. The minimum atomic E-state index is -0.0735. The van der Waals surface area contributed by atoms with Crippen LogP contribution in [0, 0.1) is 0 Å². The molecule has 3 aromatic rings. The zero-order chi connectivity index (χ0) is 17.6. The molecule has 1 atom stereocenters. The highest BCUT2D eigenvalue weighted by Crippen LogP contribution is 2.31. The molecule has 1 amide bonds. The highest BCUT2D eigenvalue weighted by Gasteiger charge is 2.19. The first-order chi connectivity index (χ1) is 12.2. The van der Waals surface area contributed by atoms with E-state index in [-0.39, 0.29) is 11.9 Å². The van der Waals surface area contributed by atoms with Gasteiger partial charge in [0.1, 0.15) is 11.5 Å². The molecule has 0 fully saturated rings. The maximum atomic E-state index is 12.6. The van der Waals surface area contributed by atoms with Gasteiger partial charge in [0.2, 0.25) is 5.91 Å². The molecular formula is C19H20N2O3S. The molecule has 2 aromatic heterocycles. The fourth-order valence-corrected chi connectivity index (χ4v) is 3.50. The largest absolute Gasteiger partial charge is 0.497 e. The van der Waals surface area contributed by atoms with Gasteiger partial charge >= 0.3 is 0 Å². The molecular weight excluding hydrogens is 336 g/mol. The van der Waals surface area contributed by atoms with Crippen molar-refractivity contribution < 1.29 is 14.3 Å². The summed E-state index contributed by atoms with van der Waals surface area (Å²) in [6, 6.07) is 13.3. The smallest absolute Gasteiger partial charge is 0.226 e. The lowest BCUT2D eigenvalue weighted by Crippen LogP contribution is -2.19. The monoisotopic (exact) mass is 356 g/mol. The summed E-state index contributed by atoms with van der Waals surface area (Å²) in [6.07, 6.45) is 4.29. The number of aromatic nitrogens is 1. The molecule has 25 heavy (non-hydrogen) atoms. The van der Waals surface area contributed by atoms with Gasteiger partial charge in [0.05, 0.1) is 32.4 Å². The van der Waals surface area contributed by atoms with Gasteiger partial charge in [-0.15, -0.1) is 11.3 Å². The van der Waals surface area contributed by atoms with Crippen LogP contribution in [0.1, 0.15) is 17.3 Å². The quantitative estimate of drug-likeness (QED) is 0.691. The Morgan fingerprint density at radius 3 is 2.60 bits per heavy atom. The van der Waals surface area contributed by atoms with E-state index in [0.29, 0.717) is 23.6 Å². The van der Waals surface area contributed by atoms with Crippen LogP contribution in [-0.4, -0.2) is 24.7 Å².